The van der Waals surface area contributed by atoms with E-state index in [1.54, 1.807) is 6.92 Å². The van der Waals surface area contributed by atoms with Crippen LogP contribution in [0, 0.1) is 5.92 Å². The molecule has 24 heavy (non-hydrogen) atoms. The summed E-state index contributed by atoms with van der Waals surface area (Å²) in [4.78, 5) is 38.4. The van der Waals surface area contributed by atoms with Gasteiger partial charge in [0.15, 0.2) is 0 Å². The van der Waals surface area contributed by atoms with Crippen LogP contribution in [0.5, 0.6) is 0 Å². The Kier molecular flexibility index (Phi) is 7.04. The number of urea groups is 1. The van der Waals surface area contributed by atoms with E-state index in [0.29, 0.717) is 25.3 Å². The first-order chi connectivity index (χ1) is 10.8. The Morgan fingerprint density at radius 2 is 1.88 bits per heavy atom. The fourth-order valence-corrected chi connectivity index (χ4v) is 3.53. The van der Waals surface area contributed by atoms with Gasteiger partial charge in [-0.15, -0.1) is 12.4 Å². The van der Waals surface area contributed by atoms with Crippen LogP contribution in [-0.4, -0.2) is 46.9 Å². The molecule has 8 heteroatoms. The van der Waals surface area contributed by atoms with Crippen LogP contribution in [0.1, 0.15) is 52.9 Å². The van der Waals surface area contributed by atoms with Crippen LogP contribution in [0.4, 0.5) is 4.79 Å². The Hall–Kier alpha value is -1.34. The normalized spacial score (nSPS) is 21.6. The Balaban J connectivity index is 0.00000288. The fourth-order valence-electron chi connectivity index (χ4n) is 3.53. The number of rotatable bonds is 6. The molecule has 1 spiro atoms. The van der Waals surface area contributed by atoms with Gasteiger partial charge in [0.05, 0.1) is 0 Å². The van der Waals surface area contributed by atoms with E-state index >= 15 is 0 Å². The number of hydrogen-bond acceptors (Lipinski definition) is 4. The van der Waals surface area contributed by atoms with Gasteiger partial charge in [0.25, 0.3) is 5.91 Å². The Morgan fingerprint density at radius 3 is 2.38 bits per heavy atom. The van der Waals surface area contributed by atoms with Crippen molar-refractivity contribution in [2.24, 2.45) is 11.7 Å². The molecule has 1 aliphatic heterocycles. The molecule has 0 aromatic heterocycles. The number of nitrogens with one attached hydrogen (secondary N) is 2. The maximum atomic E-state index is 12.7. The Morgan fingerprint density at radius 1 is 1.29 bits per heavy atom. The minimum atomic E-state index is -0.830. The minimum absolute atomic E-state index is 0. The van der Waals surface area contributed by atoms with Crippen LogP contribution in [0.15, 0.2) is 0 Å². The highest BCUT2D eigenvalue weighted by molar-refractivity contribution is 6.09. The minimum Gasteiger partial charge on any atom is -0.350 e. The SMILES string of the molecule is CC(C)CC(CN)NC(=O)C(C)N1C(=O)NC2(CCCC2)C1=O.Cl. The largest absolute Gasteiger partial charge is 0.350 e. The van der Waals surface area contributed by atoms with E-state index in [9.17, 15) is 14.4 Å². The summed E-state index contributed by atoms with van der Waals surface area (Å²) in [5, 5.41) is 5.65. The molecular formula is C16H29ClN4O3. The van der Waals surface area contributed by atoms with Crippen molar-refractivity contribution in [3.63, 3.8) is 0 Å². The van der Waals surface area contributed by atoms with Crippen molar-refractivity contribution in [2.45, 2.75) is 70.5 Å². The van der Waals surface area contributed by atoms with Crippen LogP contribution >= 0.6 is 12.4 Å². The van der Waals surface area contributed by atoms with Gasteiger partial charge in [-0.1, -0.05) is 26.7 Å². The smallest absolute Gasteiger partial charge is 0.325 e. The number of amides is 4. The van der Waals surface area contributed by atoms with Gasteiger partial charge in [-0.3, -0.25) is 9.59 Å². The molecule has 1 heterocycles. The number of imide groups is 1. The van der Waals surface area contributed by atoms with Crippen molar-refractivity contribution in [3.05, 3.63) is 0 Å². The number of hydrogen-bond donors (Lipinski definition) is 3. The molecule has 4 N–H and O–H groups in total. The number of halogens is 1. The van der Waals surface area contributed by atoms with Crippen LogP contribution < -0.4 is 16.4 Å². The summed E-state index contributed by atoms with van der Waals surface area (Å²) in [6.07, 6.45) is 3.91. The van der Waals surface area contributed by atoms with Gasteiger partial charge < -0.3 is 16.4 Å². The van der Waals surface area contributed by atoms with Gasteiger partial charge in [0.2, 0.25) is 5.91 Å². The Bertz CT molecular complexity index is 492. The van der Waals surface area contributed by atoms with E-state index < -0.39 is 17.6 Å². The lowest BCUT2D eigenvalue weighted by Gasteiger charge is -2.26. The third-order valence-corrected chi connectivity index (χ3v) is 4.80. The quantitative estimate of drug-likeness (QED) is 0.618. The second-order valence-corrected chi connectivity index (χ2v) is 7.14. The molecule has 4 amide bonds. The summed E-state index contributed by atoms with van der Waals surface area (Å²) in [7, 11) is 0. The monoisotopic (exact) mass is 360 g/mol. The second kappa shape index (κ2) is 8.16. The lowest BCUT2D eigenvalue weighted by Crippen LogP contribution is -2.53. The third-order valence-electron chi connectivity index (χ3n) is 4.80. The topological polar surface area (TPSA) is 105 Å². The molecule has 2 rings (SSSR count). The average Bonchev–Trinajstić information content (AvgIpc) is 3.03. The van der Waals surface area contributed by atoms with E-state index in [-0.39, 0.29) is 30.3 Å². The summed E-state index contributed by atoms with van der Waals surface area (Å²) in [5.41, 5.74) is 4.92. The van der Waals surface area contributed by atoms with E-state index in [4.69, 9.17) is 5.73 Å². The molecule has 0 aromatic carbocycles. The first kappa shape index (κ1) is 20.7. The highest BCUT2D eigenvalue weighted by Gasteiger charge is 2.54. The van der Waals surface area contributed by atoms with Gasteiger partial charge in [-0.2, -0.15) is 0 Å². The lowest BCUT2D eigenvalue weighted by atomic mass is 9.97. The molecule has 2 unspecified atom stereocenters. The van der Waals surface area contributed by atoms with E-state index in [1.807, 2.05) is 0 Å². The molecule has 0 radical (unpaired) electrons. The number of nitrogens with two attached hydrogens (primary N) is 1. The lowest BCUT2D eigenvalue weighted by molar-refractivity contribution is -0.138. The third kappa shape index (κ3) is 4.00. The molecule has 0 bridgehead atoms. The highest BCUT2D eigenvalue weighted by Crippen LogP contribution is 2.35. The van der Waals surface area contributed by atoms with Crippen LogP contribution in [0.2, 0.25) is 0 Å². The maximum absolute atomic E-state index is 12.7. The predicted octanol–water partition coefficient (Wildman–Crippen LogP) is 1.15. The molecule has 1 saturated carbocycles. The van der Waals surface area contributed by atoms with E-state index in [1.165, 1.54) is 0 Å². The zero-order chi connectivity index (χ0) is 17.2. The summed E-state index contributed by atoms with van der Waals surface area (Å²) in [6.45, 7) is 6.03. The molecular weight excluding hydrogens is 332 g/mol. The van der Waals surface area contributed by atoms with Crippen molar-refractivity contribution in [1.82, 2.24) is 15.5 Å². The zero-order valence-corrected chi connectivity index (χ0v) is 15.4. The molecule has 0 aromatic rings. The standard InChI is InChI=1S/C16H28N4O3.ClH/c1-10(2)8-12(9-17)18-13(21)11(3)20-14(22)16(19-15(20)23)6-4-5-7-16;/h10-12H,4-9,17H2,1-3H3,(H,18,21)(H,19,23);1H. The fraction of sp³-hybridized carbons (Fsp3) is 0.812. The van der Waals surface area contributed by atoms with Gasteiger partial charge in [-0.25, -0.2) is 9.69 Å². The molecule has 2 atom stereocenters. The Labute approximate surface area is 149 Å². The zero-order valence-electron chi connectivity index (χ0n) is 14.6. The van der Waals surface area contributed by atoms with Gasteiger partial charge in [0, 0.05) is 12.6 Å². The predicted molar refractivity (Wildman–Crippen MR) is 93.7 cm³/mol. The summed E-state index contributed by atoms with van der Waals surface area (Å²) >= 11 is 0. The molecule has 2 fully saturated rings. The summed E-state index contributed by atoms with van der Waals surface area (Å²) in [6, 6.07) is -1.44. The molecule has 7 nitrogen and oxygen atoms in total. The molecule has 1 saturated heterocycles. The van der Waals surface area contributed by atoms with Gasteiger partial charge in [-0.05, 0) is 32.1 Å². The average molecular weight is 361 g/mol. The second-order valence-electron chi connectivity index (χ2n) is 7.14. The van der Waals surface area contributed by atoms with Crippen molar-refractivity contribution in [1.29, 1.82) is 0 Å². The summed E-state index contributed by atoms with van der Waals surface area (Å²) < 4.78 is 0. The highest BCUT2D eigenvalue weighted by atomic mass is 35.5. The van der Waals surface area contributed by atoms with E-state index in [2.05, 4.69) is 24.5 Å². The number of nitrogens with zero attached hydrogens (tertiary/aromatic N) is 1. The van der Waals surface area contributed by atoms with Crippen molar-refractivity contribution < 1.29 is 14.4 Å². The number of carbonyl (C=O) groups is 3. The number of carbonyl (C=O) groups excluding carboxylic acids is 3. The molecule has 1 aliphatic carbocycles. The van der Waals surface area contributed by atoms with Crippen molar-refractivity contribution in [3.8, 4) is 0 Å². The maximum Gasteiger partial charge on any atom is 0.325 e. The van der Waals surface area contributed by atoms with E-state index in [0.717, 1.165) is 24.2 Å². The van der Waals surface area contributed by atoms with Crippen molar-refractivity contribution in [2.75, 3.05) is 6.54 Å². The van der Waals surface area contributed by atoms with Crippen LogP contribution in [0.3, 0.4) is 0 Å². The summed E-state index contributed by atoms with van der Waals surface area (Å²) in [5.74, 6) is -0.201. The van der Waals surface area contributed by atoms with Crippen LogP contribution in [0.25, 0.3) is 0 Å². The van der Waals surface area contributed by atoms with Gasteiger partial charge >= 0.3 is 6.03 Å². The van der Waals surface area contributed by atoms with Crippen molar-refractivity contribution >= 4 is 30.3 Å². The molecule has 2 aliphatic rings. The van der Waals surface area contributed by atoms with Crippen LogP contribution in [-0.2, 0) is 9.59 Å². The van der Waals surface area contributed by atoms with Gasteiger partial charge in [0.1, 0.15) is 11.6 Å². The first-order valence-electron chi connectivity index (χ1n) is 8.47. The molecule has 138 valence electrons. The first-order valence-corrected chi connectivity index (χ1v) is 8.47.